The summed E-state index contributed by atoms with van der Waals surface area (Å²) < 4.78 is 1.77. The molecule has 1 aliphatic carbocycles. The molecule has 1 saturated carbocycles. The van der Waals surface area contributed by atoms with E-state index in [0.717, 1.165) is 24.9 Å². The van der Waals surface area contributed by atoms with E-state index in [9.17, 15) is 4.79 Å². The van der Waals surface area contributed by atoms with Crippen LogP contribution < -0.4 is 10.9 Å². The van der Waals surface area contributed by atoms with Crippen molar-refractivity contribution < 1.29 is 0 Å². The molecule has 0 saturated heterocycles. The highest BCUT2D eigenvalue weighted by Gasteiger charge is 2.26. The summed E-state index contributed by atoms with van der Waals surface area (Å²) >= 11 is 0. The maximum absolute atomic E-state index is 11.6. The van der Waals surface area contributed by atoms with E-state index in [1.165, 1.54) is 19.3 Å². The van der Waals surface area contributed by atoms with E-state index in [4.69, 9.17) is 0 Å². The first-order valence-electron chi connectivity index (χ1n) is 7.07. The van der Waals surface area contributed by atoms with E-state index in [1.807, 2.05) is 12.3 Å². The Morgan fingerprint density at radius 2 is 2.17 bits per heavy atom. The second-order valence-electron chi connectivity index (χ2n) is 5.56. The summed E-state index contributed by atoms with van der Waals surface area (Å²) in [7, 11) is 0. The van der Waals surface area contributed by atoms with Gasteiger partial charge in [-0.1, -0.05) is 32.8 Å². The molecule has 1 heterocycles. The van der Waals surface area contributed by atoms with Crippen molar-refractivity contribution in [2.45, 2.75) is 45.7 Å². The molecule has 2 rings (SSSR count). The van der Waals surface area contributed by atoms with Gasteiger partial charge in [-0.25, -0.2) is 0 Å². The van der Waals surface area contributed by atoms with Crippen LogP contribution in [0.15, 0.2) is 29.2 Å². The van der Waals surface area contributed by atoms with Crippen LogP contribution in [0.25, 0.3) is 0 Å². The van der Waals surface area contributed by atoms with Gasteiger partial charge in [-0.05, 0) is 24.3 Å². The van der Waals surface area contributed by atoms with Crippen molar-refractivity contribution >= 4 is 0 Å². The van der Waals surface area contributed by atoms with E-state index in [-0.39, 0.29) is 5.56 Å². The van der Waals surface area contributed by atoms with Crippen molar-refractivity contribution in [3.05, 3.63) is 34.7 Å². The summed E-state index contributed by atoms with van der Waals surface area (Å²) in [6.07, 6.45) is 5.82. The Labute approximate surface area is 109 Å². The van der Waals surface area contributed by atoms with Crippen LogP contribution in [0.3, 0.4) is 0 Å². The average molecular weight is 248 g/mol. The summed E-state index contributed by atoms with van der Waals surface area (Å²) in [6, 6.07) is 5.93. The van der Waals surface area contributed by atoms with Crippen LogP contribution in [0.5, 0.6) is 0 Å². The lowest BCUT2D eigenvalue weighted by molar-refractivity contribution is 0.206. The first kappa shape index (κ1) is 13.3. The average Bonchev–Trinajstić information content (AvgIpc) is 2.37. The van der Waals surface area contributed by atoms with Crippen LogP contribution in [-0.2, 0) is 6.54 Å². The third kappa shape index (κ3) is 3.22. The predicted molar refractivity (Wildman–Crippen MR) is 74.7 cm³/mol. The molecular formula is C15H24N2O. The molecule has 0 radical (unpaired) electrons. The van der Waals surface area contributed by atoms with E-state index in [1.54, 1.807) is 16.7 Å². The van der Waals surface area contributed by atoms with E-state index < -0.39 is 0 Å². The smallest absolute Gasteiger partial charge is 0.250 e. The van der Waals surface area contributed by atoms with Gasteiger partial charge in [-0.15, -0.1) is 0 Å². The van der Waals surface area contributed by atoms with Gasteiger partial charge in [0.25, 0.3) is 5.56 Å². The first-order chi connectivity index (χ1) is 8.68. The third-order valence-electron chi connectivity index (χ3n) is 4.37. The van der Waals surface area contributed by atoms with Crippen LogP contribution in [0.4, 0.5) is 0 Å². The van der Waals surface area contributed by atoms with Crippen molar-refractivity contribution in [3.8, 4) is 0 Å². The van der Waals surface area contributed by atoms with Gasteiger partial charge in [-0.2, -0.15) is 0 Å². The number of pyridine rings is 1. The Balaban J connectivity index is 1.82. The number of hydrogen-bond donors (Lipinski definition) is 1. The normalized spacial score (nSPS) is 28.2. The van der Waals surface area contributed by atoms with Crippen LogP contribution in [-0.4, -0.2) is 17.2 Å². The minimum Gasteiger partial charge on any atom is -0.314 e. The van der Waals surface area contributed by atoms with Gasteiger partial charge in [0, 0.05) is 31.4 Å². The fourth-order valence-electron chi connectivity index (χ4n) is 2.89. The Kier molecular flexibility index (Phi) is 4.59. The highest BCUT2D eigenvalue weighted by molar-refractivity contribution is 4.93. The molecule has 3 unspecified atom stereocenters. The summed E-state index contributed by atoms with van der Waals surface area (Å²) in [5.74, 6) is 1.56. The molecule has 0 aliphatic heterocycles. The molecule has 3 nitrogen and oxygen atoms in total. The summed E-state index contributed by atoms with van der Waals surface area (Å²) in [5.41, 5.74) is 0.0874. The topological polar surface area (TPSA) is 34.0 Å². The fraction of sp³-hybridized carbons (Fsp3) is 0.667. The highest BCUT2D eigenvalue weighted by atomic mass is 16.1. The molecule has 0 amide bonds. The zero-order valence-corrected chi connectivity index (χ0v) is 11.4. The van der Waals surface area contributed by atoms with Crippen molar-refractivity contribution in [2.75, 3.05) is 6.54 Å². The number of nitrogens with zero attached hydrogens (tertiary/aromatic N) is 1. The summed E-state index contributed by atoms with van der Waals surface area (Å²) in [4.78, 5) is 11.6. The Hall–Kier alpha value is -1.09. The lowest BCUT2D eigenvalue weighted by atomic mass is 9.78. The molecule has 0 bridgehead atoms. The number of hydrogen-bond acceptors (Lipinski definition) is 2. The highest BCUT2D eigenvalue weighted by Crippen LogP contribution is 2.29. The quantitative estimate of drug-likeness (QED) is 0.887. The fourth-order valence-corrected chi connectivity index (χ4v) is 2.89. The molecule has 1 N–H and O–H groups in total. The second-order valence-corrected chi connectivity index (χ2v) is 5.56. The van der Waals surface area contributed by atoms with Crippen LogP contribution >= 0.6 is 0 Å². The predicted octanol–water partition coefficient (Wildman–Crippen LogP) is 2.26. The van der Waals surface area contributed by atoms with Gasteiger partial charge < -0.3 is 9.88 Å². The van der Waals surface area contributed by atoms with Gasteiger partial charge in [0.05, 0.1) is 0 Å². The summed E-state index contributed by atoms with van der Waals surface area (Å²) in [6.45, 7) is 6.33. The van der Waals surface area contributed by atoms with Gasteiger partial charge in [0.2, 0.25) is 0 Å². The monoisotopic (exact) mass is 248 g/mol. The van der Waals surface area contributed by atoms with Crippen molar-refractivity contribution in [1.82, 2.24) is 9.88 Å². The molecule has 18 heavy (non-hydrogen) atoms. The minimum atomic E-state index is 0.0874. The molecule has 100 valence electrons. The van der Waals surface area contributed by atoms with Gasteiger partial charge in [-0.3, -0.25) is 4.79 Å². The van der Waals surface area contributed by atoms with Crippen molar-refractivity contribution in [2.24, 2.45) is 11.8 Å². The second kappa shape index (κ2) is 6.19. The Morgan fingerprint density at radius 1 is 1.33 bits per heavy atom. The maximum Gasteiger partial charge on any atom is 0.250 e. The minimum absolute atomic E-state index is 0.0874. The number of rotatable bonds is 4. The standard InChI is InChI=1S/C15H24N2O/c1-12-6-5-7-14(13(12)2)16-9-11-17-10-4-3-8-15(17)18/h3-4,8,10,12-14,16H,5-7,9,11H2,1-2H3. The Bertz CT molecular complexity index is 427. The molecule has 0 aromatic carbocycles. The van der Waals surface area contributed by atoms with Crippen LogP contribution in [0.2, 0.25) is 0 Å². The van der Waals surface area contributed by atoms with Crippen LogP contribution in [0.1, 0.15) is 33.1 Å². The van der Waals surface area contributed by atoms with Gasteiger partial charge in [0.1, 0.15) is 0 Å². The molecule has 1 aromatic heterocycles. The molecule has 0 spiro atoms. The number of aromatic nitrogens is 1. The van der Waals surface area contributed by atoms with E-state index in [0.29, 0.717) is 6.04 Å². The van der Waals surface area contributed by atoms with E-state index >= 15 is 0 Å². The SMILES string of the molecule is CC1CCCC(NCCn2ccccc2=O)C1C. The zero-order chi connectivity index (χ0) is 13.0. The first-order valence-corrected chi connectivity index (χ1v) is 7.07. The zero-order valence-electron chi connectivity index (χ0n) is 11.4. The van der Waals surface area contributed by atoms with Gasteiger partial charge in [0.15, 0.2) is 0 Å². The third-order valence-corrected chi connectivity index (χ3v) is 4.37. The van der Waals surface area contributed by atoms with Crippen molar-refractivity contribution in [3.63, 3.8) is 0 Å². The Morgan fingerprint density at radius 3 is 2.94 bits per heavy atom. The molecule has 1 aromatic rings. The largest absolute Gasteiger partial charge is 0.314 e. The molecule has 1 aliphatic rings. The lowest BCUT2D eigenvalue weighted by Gasteiger charge is -2.34. The molecular weight excluding hydrogens is 224 g/mol. The van der Waals surface area contributed by atoms with E-state index in [2.05, 4.69) is 19.2 Å². The van der Waals surface area contributed by atoms with Gasteiger partial charge >= 0.3 is 0 Å². The molecule has 1 fully saturated rings. The van der Waals surface area contributed by atoms with Crippen LogP contribution in [0, 0.1) is 11.8 Å². The summed E-state index contributed by atoms with van der Waals surface area (Å²) in [5, 5.41) is 3.62. The lowest BCUT2D eigenvalue weighted by Crippen LogP contribution is -2.42. The van der Waals surface area contributed by atoms with Crippen molar-refractivity contribution in [1.29, 1.82) is 0 Å². The maximum atomic E-state index is 11.6. The molecule has 3 heteroatoms. The molecule has 3 atom stereocenters. The number of nitrogens with one attached hydrogen (secondary N) is 1.